The quantitative estimate of drug-likeness (QED) is 0.646. The number of carboxylic acid groups (broad SMARTS) is 1. The number of hydrogen-bond donors (Lipinski definition) is 0. The maximum absolute atomic E-state index is 12.9. The maximum Gasteiger partial charge on any atom is 0.257 e. The van der Waals surface area contributed by atoms with Crippen LogP contribution in [0.3, 0.4) is 0 Å². The molecule has 0 aliphatic carbocycles. The molecule has 2 heterocycles. The monoisotopic (exact) mass is 392 g/mol. The van der Waals surface area contributed by atoms with E-state index >= 15 is 0 Å². The summed E-state index contributed by atoms with van der Waals surface area (Å²) >= 11 is 0. The van der Waals surface area contributed by atoms with Gasteiger partial charge in [0.15, 0.2) is 11.5 Å². The number of carboxylic acids is 1. The summed E-state index contributed by atoms with van der Waals surface area (Å²) in [5.41, 5.74) is 2.12. The highest BCUT2D eigenvalue weighted by Gasteiger charge is 2.23. The topological polar surface area (TPSA) is 96.7 Å². The van der Waals surface area contributed by atoms with Crippen molar-refractivity contribution < 1.29 is 24.2 Å². The number of aromatic nitrogens is 2. The Labute approximate surface area is 166 Å². The van der Waals surface area contributed by atoms with Gasteiger partial charge in [0.1, 0.15) is 18.9 Å². The molecule has 0 saturated carbocycles. The largest absolute Gasteiger partial charge is 0.548 e. The van der Waals surface area contributed by atoms with Gasteiger partial charge in [-0.2, -0.15) is 5.10 Å². The molecule has 1 amide bonds. The van der Waals surface area contributed by atoms with E-state index in [4.69, 9.17) is 9.47 Å². The number of likely N-dealkylation sites (N-methyl/N-ethyl adjacent to an activating group) is 1. The molecule has 0 spiro atoms. The van der Waals surface area contributed by atoms with Crippen LogP contribution in [0.25, 0.3) is 16.9 Å². The lowest BCUT2D eigenvalue weighted by atomic mass is 10.1. The summed E-state index contributed by atoms with van der Waals surface area (Å²) in [5, 5.41) is 15.5. The van der Waals surface area contributed by atoms with Gasteiger partial charge < -0.3 is 24.3 Å². The van der Waals surface area contributed by atoms with Gasteiger partial charge in [-0.25, -0.2) is 4.68 Å². The number of carbonyl (C=O) groups is 2. The van der Waals surface area contributed by atoms with Crippen molar-refractivity contribution in [3.63, 3.8) is 0 Å². The second-order valence-corrected chi connectivity index (χ2v) is 6.56. The van der Waals surface area contributed by atoms with Gasteiger partial charge in [-0.1, -0.05) is 18.2 Å². The van der Waals surface area contributed by atoms with E-state index < -0.39 is 18.4 Å². The number of ether oxygens (including phenoxy) is 2. The molecule has 0 unspecified atom stereocenters. The van der Waals surface area contributed by atoms with Crippen molar-refractivity contribution in [3.8, 4) is 28.4 Å². The molecule has 148 valence electrons. The Morgan fingerprint density at radius 1 is 1.10 bits per heavy atom. The van der Waals surface area contributed by atoms with Crippen LogP contribution in [-0.4, -0.2) is 53.4 Å². The van der Waals surface area contributed by atoms with E-state index in [1.165, 1.54) is 7.05 Å². The SMILES string of the molecule is CN(CC(=O)[O-])C(=O)c1cn(-c2ccccc2)nc1-c1ccc2c(c1)OCCO2. The van der Waals surface area contributed by atoms with Crippen molar-refractivity contribution in [2.24, 2.45) is 0 Å². The molecule has 0 saturated heterocycles. The van der Waals surface area contributed by atoms with Gasteiger partial charge in [-0.15, -0.1) is 0 Å². The van der Waals surface area contributed by atoms with Crippen molar-refractivity contribution >= 4 is 11.9 Å². The summed E-state index contributed by atoms with van der Waals surface area (Å²) in [4.78, 5) is 25.0. The zero-order chi connectivity index (χ0) is 20.4. The third kappa shape index (κ3) is 3.77. The lowest BCUT2D eigenvalue weighted by Gasteiger charge is -2.19. The molecule has 1 aliphatic rings. The molecule has 3 aromatic rings. The van der Waals surface area contributed by atoms with Crippen LogP contribution in [0.5, 0.6) is 11.5 Å². The first-order valence-electron chi connectivity index (χ1n) is 9.03. The molecule has 29 heavy (non-hydrogen) atoms. The van der Waals surface area contributed by atoms with Gasteiger partial charge in [0.25, 0.3) is 5.91 Å². The van der Waals surface area contributed by atoms with E-state index in [1.807, 2.05) is 30.3 Å². The average Bonchev–Trinajstić information content (AvgIpc) is 3.18. The number of carbonyl (C=O) groups excluding carboxylic acids is 2. The lowest BCUT2D eigenvalue weighted by molar-refractivity contribution is -0.305. The number of benzene rings is 2. The predicted molar refractivity (Wildman–Crippen MR) is 102 cm³/mol. The highest BCUT2D eigenvalue weighted by Crippen LogP contribution is 2.35. The number of rotatable bonds is 5. The van der Waals surface area contributed by atoms with Gasteiger partial charge in [0.05, 0.1) is 23.8 Å². The Hall–Kier alpha value is -3.81. The van der Waals surface area contributed by atoms with Crippen molar-refractivity contribution in [2.75, 3.05) is 26.8 Å². The van der Waals surface area contributed by atoms with E-state index in [-0.39, 0.29) is 5.56 Å². The minimum atomic E-state index is -1.34. The Kier molecular flexibility index (Phi) is 4.90. The van der Waals surface area contributed by atoms with E-state index in [1.54, 1.807) is 29.1 Å². The number of amides is 1. The molecule has 0 N–H and O–H groups in total. The molecule has 4 rings (SSSR count). The fourth-order valence-corrected chi connectivity index (χ4v) is 3.12. The van der Waals surface area contributed by atoms with Crippen LogP contribution in [0.1, 0.15) is 10.4 Å². The van der Waals surface area contributed by atoms with E-state index in [2.05, 4.69) is 5.10 Å². The minimum Gasteiger partial charge on any atom is -0.548 e. The summed E-state index contributed by atoms with van der Waals surface area (Å²) in [6, 6.07) is 14.7. The van der Waals surface area contributed by atoms with Crippen LogP contribution < -0.4 is 14.6 Å². The molecule has 2 aromatic carbocycles. The fraction of sp³-hybridized carbons (Fsp3) is 0.190. The molecule has 0 fully saturated rings. The van der Waals surface area contributed by atoms with Crippen LogP contribution >= 0.6 is 0 Å². The van der Waals surface area contributed by atoms with Crippen LogP contribution in [0, 0.1) is 0 Å². The summed E-state index contributed by atoms with van der Waals surface area (Å²) in [5.74, 6) is -0.604. The first-order valence-corrected chi connectivity index (χ1v) is 9.03. The van der Waals surface area contributed by atoms with Gasteiger partial charge in [0, 0.05) is 18.8 Å². The molecule has 0 atom stereocenters. The maximum atomic E-state index is 12.9. The van der Waals surface area contributed by atoms with Gasteiger partial charge in [-0.05, 0) is 30.3 Å². The van der Waals surface area contributed by atoms with Crippen LogP contribution in [0.4, 0.5) is 0 Å². The number of hydrogen-bond acceptors (Lipinski definition) is 6. The van der Waals surface area contributed by atoms with Crippen LogP contribution in [-0.2, 0) is 4.79 Å². The van der Waals surface area contributed by atoms with Crippen LogP contribution in [0.2, 0.25) is 0 Å². The van der Waals surface area contributed by atoms with Crippen molar-refractivity contribution in [3.05, 3.63) is 60.3 Å². The normalized spacial score (nSPS) is 12.4. The Balaban J connectivity index is 1.80. The molecule has 8 nitrogen and oxygen atoms in total. The zero-order valence-corrected chi connectivity index (χ0v) is 15.7. The molecular formula is C21H18N3O5-. The third-order valence-corrected chi connectivity index (χ3v) is 4.49. The van der Waals surface area contributed by atoms with Gasteiger partial charge in [-0.3, -0.25) is 4.79 Å². The molecule has 0 bridgehead atoms. The van der Waals surface area contributed by atoms with Gasteiger partial charge in [0.2, 0.25) is 0 Å². The first kappa shape index (κ1) is 18.5. The Morgan fingerprint density at radius 2 is 1.83 bits per heavy atom. The average molecular weight is 392 g/mol. The molecule has 1 aromatic heterocycles. The fourth-order valence-electron chi connectivity index (χ4n) is 3.12. The summed E-state index contributed by atoms with van der Waals surface area (Å²) in [6.45, 7) is 0.401. The standard InChI is InChI=1S/C21H19N3O5/c1-23(13-19(25)26)21(27)16-12-24(15-5-3-2-4-6-15)22-20(16)14-7-8-17-18(11-14)29-10-9-28-17/h2-8,11-12H,9-10,13H2,1H3,(H,25,26)/p-1. The summed E-state index contributed by atoms with van der Waals surface area (Å²) in [7, 11) is 1.41. The number of nitrogens with zero attached hydrogens (tertiary/aromatic N) is 3. The second kappa shape index (κ2) is 7.67. The highest BCUT2D eigenvalue weighted by molar-refractivity contribution is 6.01. The van der Waals surface area contributed by atoms with Crippen LogP contribution in [0.15, 0.2) is 54.7 Å². The predicted octanol–water partition coefficient (Wildman–Crippen LogP) is 1.13. The number of aliphatic carboxylic acids is 1. The number of fused-ring (bicyclic) bond motifs is 1. The molecule has 0 radical (unpaired) electrons. The van der Waals surface area contributed by atoms with E-state index in [0.29, 0.717) is 36.0 Å². The Bertz CT molecular complexity index is 1060. The lowest BCUT2D eigenvalue weighted by Crippen LogP contribution is -2.39. The smallest absolute Gasteiger partial charge is 0.257 e. The second-order valence-electron chi connectivity index (χ2n) is 6.56. The molecule has 8 heteroatoms. The minimum absolute atomic E-state index is 0.272. The van der Waals surface area contributed by atoms with E-state index in [9.17, 15) is 14.7 Å². The van der Waals surface area contributed by atoms with E-state index in [0.717, 1.165) is 10.6 Å². The number of para-hydroxylation sites is 1. The molecular weight excluding hydrogens is 374 g/mol. The van der Waals surface area contributed by atoms with Crippen molar-refractivity contribution in [2.45, 2.75) is 0 Å². The first-order chi connectivity index (χ1) is 14.0. The molecule has 1 aliphatic heterocycles. The van der Waals surface area contributed by atoms with Gasteiger partial charge >= 0.3 is 0 Å². The summed E-state index contributed by atoms with van der Waals surface area (Å²) in [6.07, 6.45) is 1.59. The van der Waals surface area contributed by atoms with Crippen molar-refractivity contribution in [1.82, 2.24) is 14.7 Å². The third-order valence-electron chi connectivity index (χ3n) is 4.49. The summed E-state index contributed by atoms with van der Waals surface area (Å²) < 4.78 is 12.8. The zero-order valence-electron chi connectivity index (χ0n) is 15.7. The van der Waals surface area contributed by atoms with Crippen molar-refractivity contribution in [1.29, 1.82) is 0 Å². The Morgan fingerprint density at radius 3 is 2.55 bits per heavy atom. The highest BCUT2D eigenvalue weighted by atomic mass is 16.6.